The molecule has 136 valence electrons. The van der Waals surface area contributed by atoms with Crippen molar-refractivity contribution < 1.29 is 0 Å². The first-order chi connectivity index (χ1) is 12.9. The van der Waals surface area contributed by atoms with Crippen molar-refractivity contribution in [1.82, 2.24) is 9.55 Å². The fourth-order valence-corrected chi connectivity index (χ4v) is 5.36. The van der Waals surface area contributed by atoms with Gasteiger partial charge in [-0.1, -0.05) is 6.07 Å². The summed E-state index contributed by atoms with van der Waals surface area (Å²) < 4.78 is 2.20. The van der Waals surface area contributed by atoms with Crippen LogP contribution < -0.4 is 4.90 Å². The fourth-order valence-electron chi connectivity index (χ4n) is 3.48. The summed E-state index contributed by atoms with van der Waals surface area (Å²) in [5.41, 5.74) is 1.37. The number of hydrogen-bond donors (Lipinski definition) is 0. The Labute approximate surface area is 164 Å². The largest absolute Gasteiger partial charge is 0.372 e. The van der Waals surface area contributed by atoms with Crippen LogP contribution in [0.5, 0.6) is 0 Å². The molecule has 3 nitrogen and oxygen atoms in total. The standard InChI is InChI=1S/C21H25N3S2/c1-2-13-24(12-1)18-5-7-20(8-6-18)26-21(16-23-14-11-22-17-23)10-9-19-4-3-15-25-19/h3-8,11,14-15,17,21H,1-2,9-10,12-13,16H2. The molecule has 4 rings (SSSR count). The molecular weight excluding hydrogens is 358 g/mol. The zero-order valence-corrected chi connectivity index (χ0v) is 16.6. The smallest absolute Gasteiger partial charge is 0.0946 e. The van der Waals surface area contributed by atoms with E-state index in [9.17, 15) is 0 Å². The van der Waals surface area contributed by atoms with Crippen molar-refractivity contribution in [1.29, 1.82) is 0 Å². The topological polar surface area (TPSA) is 21.1 Å². The number of imidazole rings is 1. The maximum atomic E-state index is 4.20. The number of aromatic nitrogens is 2. The summed E-state index contributed by atoms with van der Waals surface area (Å²) >= 11 is 3.86. The Morgan fingerprint density at radius 2 is 1.96 bits per heavy atom. The summed E-state index contributed by atoms with van der Waals surface area (Å²) in [5.74, 6) is 0. The lowest BCUT2D eigenvalue weighted by molar-refractivity contribution is 0.626. The Bertz CT molecular complexity index is 760. The zero-order valence-electron chi connectivity index (χ0n) is 15.0. The van der Waals surface area contributed by atoms with Gasteiger partial charge in [0, 0.05) is 52.7 Å². The molecule has 1 fully saturated rings. The van der Waals surface area contributed by atoms with Crippen LogP contribution in [0.2, 0.25) is 0 Å². The van der Waals surface area contributed by atoms with Crippen LogP contribution >= 0.6 is 23.1 Å². The molecule has 1 aliphatic rings. The van der Waals surface area contributed by atoms with Gasteiger partial charge in [-0.3, -0.25) is 0 Å². The minimum atomic E-state index is 0.545. The maximum Gasteiger partial charge on any atom is 0.0946 e. The first-order valence-corrected chi connectivity index (χ1v) is 11.1. The van der Waals surface area contributed by atoms with E-state index in [1.54, 1.807) is 0 Å². The highest BCUT2D eigenvalue weighted by Crippen LogP contribution is 2.30. The van der Waals surface area contributed by atoms with E-state index in [1.807, 2.05) is 35.6 Å². The molecule has 0 aliphatic carbocycles. The van der Waals surface area contributed by atoms with Gasteiger partial charge in [0.15, 0.2) is 0 Å². The van der Waals surface area contributed by atoms with Crippen molar-refractivity contribution in [3.05, 3.63) is 65.4 Å². The van der Waals surface area contributed by atoms with E-state index in [4.69, 9.17) is 0 Å². The van der Waals surface area contributed by atoms with E-state index in [2.05, 4.69) is 62.4 Å². The number of rotatable bonds is 8. The molecule has 0 bridgehead atoms. The number of aryl methyl sites for hydroxylation is 1. The fraction of sp³-hybridized carbons (Fsp3) is 0.381. The highest BCUT2D eigenvalue weighted by Gasteiger charge is 2.14. The van der Waals surface area contributed by atoms with Crippen molar-refractivity contribution in [3.8, 4) is 0 Å². The Balaban J connectivity index is 1.40. The van der Waals surface area contributed by atoms with Gasteiger partial charge in [0.1, 0.15) is 0 Å². The van der Waals surface area contributed by atoms with E-state index in [0.29, 0.717) is 5.25 Å². The Morgan fingerprint density at radius 3 is 2.65 bits per heavy atom. The van der Waals surface area contributed by atoms with Crippen LogP contribution in [-0.2, 0) is 13.0 Å². The highest BCUT2D eigenvalue weighted by molar-refractivity contribution is 8.00. The van der Waals surface area contributed by atoms with Gasteiger partial charge in [-0.05, 0) is 61.4 Å². The monoisotopic (exact) mass is 383 g/mol. The number of thiophene rings is 1. The lowest BCUT2D eigenvalue weighted by Gasteiger charge is -2.19. The molecule has 26 heavy (non-hydrogen) atoms. The third-order valence-electron chi connectivity index (χ3n) is 4.88. The molecule has 0 N–H and O–H groups in total. The highest BCUT2D eigenvalue weighted by atomic mass is 32.2. The van der Waals surface area contributed by atoms with Gasteiger partial charge in [0.2, 0.25) is 0 Å². The Hall–Kier alpha value is -1.72. The normalized spacial score (nSPS) is 15.5. The van der Waals surface area contributed by atoms with Crippen molar-refractivity contribution in [2.24, 2.45) is 0 Å². The van der Waals surface area contributed by atoms with Crippen molar-refractivity contribution >= 4 is 28.8 Å². The van der Waals surface area contributed by atoms with Crippen LogP contribution in [0.15, 0.2) is 65.4 Å². The quantitative estimate of drug-likeness (QED) is 0.490. The molecule has 2 aromatic heterocycles. The first-order valence-electron chi connectivity index (χ1n) is 9.36. The number of nitrogens with zero attached hydrogens (tertiary/aromatic N) is 3. The summed E-state index contributed by atoms with van der Waals surface area (Å²) in [6.07, 6.45) is 10.8. The second-order valence-corrected chi connectivity index (χ2v) is 9.21. The maximum absolute atomic E-state index is 4.20. The first kappa shape index (κ1) is 17.7. The third-order valence-corrected chi connectivity index (χ3v) is 7.08. The molecule has 1 atom stereocenters. The Kier molecular flexibility index (Phi) is 5.97. The van der Waals surface area contributed by atoms with Crippen LogP contribution in [-0.4, -0.2) is 27.9 Å². The molecule has 0 amide bonds. The van der Waals surface area contributed by atoms with Crippen LogP contribution in [0.3, 0.4) is 0 Å². The van der Waals surface area contributed by atoms with Crippen LogP contribution in [0.1, 0.15) is 24.1 Å². The van der Waals surface area contributed by atoms with E-state index in [1.165, 1.54) is 47.8 Å². The molecule has 5 heteroatoms. The lowest BCUT2D eigenvalue weighted by atomic mass is 10.2. The molecule has 3 aromatic rings. The molecule has 0 spiro atoms. The minimum absolute atomic E-state index is 0.545. The second-order valence-electron chi connectivity index (χ2n) is 6.81. The summed E-state index contributed by atoms with van der Waals surface area (Å²) in [5, 5.41) is 2.72. The molecule has 1 unspecified atom stereocenters. The molecule has 0 radical (unpaired) electrons. The average molecular weight is 384 g/mol. The van der Waals surface area contributed by atoms with E-state index in [0.717, 1.165) is 13.0 Å². The Morgan fingerprint density at radius 1 is 1.12 bits per heavy atom. The molecular formula is C21H25N3S2. The summed E-state index contributed by atoms with van der Waals surface area (Å²) in [6.45, 7) is 3.41. The van der Waals surface area contributed by atoms with Gasteiger partial charge in [0.25, 0.3) is 0 Å². The number of hydrogen-bond acceptors (Lipinski definition) is 4. The summed E-state index contributed by atoms with van der Waals surface area (Å²) in [7, 11) is 0. The zero-order chi connectivity index (χ0) is 17.6. The molecule has 1 aliphatic heterocycles. The van der Waals surface area contributed by atoms with Gasteiger partial charge < -0.3 is 9.47 Å². The number of anilines is 1. The van der Waals surface area contributed by atoms with Gasteiger partial charge in [-0.25, -0.2) is 4.98 Å². The van der Waals surface area contributed by atoms with Gasteiger partial charge in [0.05, 0.1) is 6.33 Å². The van der Waals surface area contributed by atoms with E-state index in [-0.39, 0.29) is 0 Å². The van der Waals surface area contributed by atoms with Crippen molar-refractivity contribution in [3.63, 3.8) is 0 Å². The predicted molar refractivity (Wildman–Crippen MR) is 112 cm³/mol. The molecule has 1 saturated heterocycles. The second kappa shape index (κ2) is 8.78. The van der Waals surface area contributed by atoms with Gasteiger partial charge in [-0.15, -0.1) is 23.1 Å². The van der Waals surface area contributed by atoms with Crippen molar-refractivity contribution in [2.75, 3.05) is 18.0 Å². The van der Waals surface area contributed by atoms with Crippen LogP contribution in [0.4, 0.5) is 5.69 Å². The van der Waals surface area contributed by atoms with E-state index < -0.39 is 0 Å². The lowest BCUT2D eigenvalue weighted by Crippen LogP contribution is -2.17. The predicted octanol–water partition coefficient (Wildman–Crippen LogP) is 5.34. The number of thioether (sulfide) groups is 1. The average Bonchev–Trinajstić information content (AvgIpc) is 3.43. The number of benzene rings is 1. The van der Waals surface area contributed by atoms with E-state index >= 15 is 0 Å². The van der Waals surface area contributed by atoms with Crippen molar-refractivity contribution in [2.45, 2.75) is 42.4 Å². The molecule has 0 saturated carbocycles. The molecule has 1 aromatic carbocycles. The summed E-state index contributed by atoms with van der Waals surface area (Å²) in [6, 6.07) is 13.6. The third kappa shape index (κ3) is 4.71. The summed E-state index contributed by atoms with van der Waals surface area (Å²) in [4.78, 5) is 9.53. The SMILES string of the molecule is c1csc(CCC(Cn2ccnc2)Sc2ccc(N3CCCC3)cc2)c1. The van der Waals surface area contributed by atoms with Crippen LogP contribution in [0, 0.1) is 0 Å². The molecule has 3 heterocycles. The van der Waals surface area contributed by atoms with Gasteiger partial charge in [-0.2, -0.15) is 0 Å². The van der Waals surface area contributed by atoms with Crippen LogP contribution in [0.25, 0.3) is 0 Å². The van der Waals surface area contributed by atoms with Gasteiger partial charge >= 0.3 is 0 Å². The minimum Gasteiger partial charge on any atom is -0.372 e.